The fourth-order valence-corrected chi connectivity index (χ4v) is 7.11. The number of allylic oxidation sites excluding steroid dienone is 1. The van der Waals surface area contributed by atoms with Gasteiger partial charge in [0.15, 0.2) is 5.76 Å². The van der Waals surface area contributed by atoms with Crippen LogP contribution in [-0.4, -0.2) is 58.4 Å². The summed E-state index contributed by atoms with van der Waals surface area (Å²) in [4.78, 5) is 41.7. The van der Waals surface area contributed by atoms with Gasteiger partial charge in [0.05, 0.1) is 11.0 Å². The molecule has 4 aliphatic rings. The number of aliphatic hydroxyl groups is 2. The van der Waals surface area contributed by atoms with Gasteiger partial charge >= 0.3 is 5.97 Å². The third-order valence-corrected chi connectivity index (χ3v) is 8.52. The van der Waals surface area contributed by atoms with Crippen LogP contribution in [0.1, 0.15) is 46.5 Å². The van der Waals surface area contributed by atoms with E-state index in [9.17, 15) is 24.6 Å². The lowest BCUT2D eigenvalue weighted by atomic mass is 9.51. The standard InChI is InChI=1S/C28H35NO6/c1-6-11-29(12-7-2)15-17-23-25(33)24(32)21-18-8-9-19(31)27(18,4)14-16(3)22(21)28(23,5)20(10-13-30)35-26(17)34/h6-7,15-16,18,20,30,33H,1-2,8-14H2,3-5H3/b17-15+/t16-,18+,20-,27+,28-/m1/s1. The Morgan fingerprint density at radius 2 is 1.83 bits per heavy atom. The normalized spacial score (nSPS) is 35.5. The van der Waals surface area contributed by atoms with Crippen molar-refractivity contribution in [3.05, 3.63) is 59.6 Å². The summed E-state index contributed by atoms with van der Waals surface area (Å²) in [7, 11) is 0. The van der Waals surface area contributed by atoms with Crippen LogP contribution in [0.3, 0.4) is 0 Å². The molecule has 0 unspecified atom stereocenters. The first kappa shape index (κ1) is 25.2. The molecule has 0 bridgehead atoms. The van der Waals surface area contributed by atoms with Gasteiger partial charge in [-0.2, -0.15) is 0 Å². The average molecular weight is 482 g/mol. The van der Waals surface area contributed by atoms with Crippen molar-refractivity contribution in [3.63, 3.8) is 0 Å². The molecular formula is C28H35NO6. The van der Waals surface area contributed by atoms with Crippen molar-refractivity contribution in [1.82, 2.24) is 4.90 Å². The summed E-state index contributed by atoms with van der Waals surface area (Å²) < 4.78 is 5.90. The van der Waals surface area contributed by atoms with Gasteiger partial charge in [0, 0.05) is 61.2 Å². The van der Waals surface area contributed by atoms with Gasteiger partial charge in [-0.25, -0.2) is 4.79 Å². The van der Waals surface area contributed by atoms with Gasteiger partial charge in [0.1, 0.15) is 11.9 Å². The number of hydrogen-bond donors (Lipinski definition) is 2. The number of cyclic esters (lactones) is 1. The molecular weight excluding hydrogens is 446 g/mol. The van der Waals surface area contributed by atoms with E-state index in [0.29, 0.717) is 37.9 Å². The van der Waals surface area contributed by atoms with Crippen LogP contribution < -0.4 is 0 Å². The van der Waals surface area contributed by atoms with E-state index in [1.807, 2.05) is 20.8 Å². The Kier molecular flexibility index (Phi) is 6.43. The van der Waals surface area contributed by atoms with Crippen molar-refractivity contribution in [2.24, 2.45) is 22.7 Å². The van der Waals surface area contributed by atoms with E-state index in [4.69, 9.17) is 4.74 Å². The lowest BCUT2D eigenvalue weighted by Gasteiger charge is -2.53. The van der Waals surface area contributed by atoms with Crippen LogP contribution in [0.4, 0.5) is 0 Å². The first-order chi connectivity index (χ1) is 16.6. The third kappa shape index (κ3) is 3.54. The van der Waals surface area contributed by atoms with Gasteiger partial charge < -0.3 is 19.8 Å². The molecule has 188 valence electrons. The maximum atomic E-state index is 13.8. The van der Waals surface area contributed by atoms with E-state index >= 15 is 0 Å². The number of esters is 1. The number of Topliss-reactive ketones (excluding diaryl/α,β-unsaturated/α-hetero) is 2. The maximum Gasteiger partial charge on any atom is 0.340 e. The van der Waals surface area contributed by atoms with Crippen LogP contribution >= 0.6 is 0 Å². The molecule has 7 heteroatoms. The fourth-order valence-electron chi connectivity index (χ4n) is 7.11. The Labute approximate surface area is 206 Å². The second-order valence-corrected chi connectivity index (χ2v) is 10.6. The highest BCUT2D eigenvalue weighted by Crippen LogP contribution is 2.63. The predicted octanol–water partition coefficient (Wildman–Crippen LogP) is 3.58. The topological polar surface area (TPSA) is 104 Å². The molecule has 1 saturated carbocycles. The molecule has 2 fully saturated rings. The summed E-state index contributed by atoms with van der Waals surface area (Å²) in [6, 6.07) is 0. The van der Waals surface area contributed by atoms with Crippen LogP contribution in [0.25, 0.3) is 0 Å². The van der Waals surface area contributed by atoms with E-state index in [2.05, 4.69) is 13.2 Å². The van der Waals surface area contributed by atoms with Crippen molar-refractivity contribution < 1.29 is 29.3 Å². The molecule has 2 N–H and O–H groups in total. The Hall–Kier alpha value is -2.93. The molecule has 35 heavy (non-hydrogen) atoms. The van der Waals surface area contributed by atoms with Crippen LogP contribution in [0.5, 0.6) is 0 Å². The van der Waals surface area contributed by atoms with E-state index in [1.165, 1.54) is 0 Å². The predicted molar refractivity (Wildman–Crippen MR) is 131 cm³/mol. The van der Waals surface area contributed by atoms with Crippen LogP contribution in [0, 0.1) is 22.7 Å². The van der Waals surface area contributed by atoms with Crippen molar-refractivity contribution in [1.29, 1.82) is 0 Å². The SMILES string of the molecule is C=CCN(/C=C1/C(=O)O[C@H](CCO)[C@@]2(C)C1=C(O)C(=O)C1=C2[C@H](C)C[C@]2(C)C(=O)CC[C@@H]12)CC=C. The minimum Gasteiger partial charge on any atom is -0.504 e. The van der Waals surface area contributed by atoms with Gasteiger partial charge in [-0.1, -0.05) is 26.0 Å². The molecule has 1 aliphatic heterocycles. The summed E-state index contributed by atoms with van der Waals surface area (Å²) in [5, 5.41) is 21.2. The highest BCUT2D eigenvalue weighted by molar-refractivity contribution is 6.13. The van der Waals surface area contributed by atoms with Gasteiger partial charge in [-0.3, -0.25) is 9.59 Å². The minimum absolute atomic E-state index is 0.117. The van der Waals surface area contributed by atoms with Crippen molar-refractivity contribution in [2.75, 3.05) is 19.7 Å². The first-order valence-electron chi connectivity index (χ1n) is 12.3. The monoisotopic (exact) mass is 481 g/mol. The second-order valence-electron chi connectivity index (χ2n) is 10.6. The summed E-state index contributed by atoms with van der Waals surface area (Å²) in [5.41, 5.74) is 0.0116. The largest absolute Gasteiger partial charge is 0.504 e. The number of carbonyl (C=O) groups excluding carboxylic acids is 3. The van der Waals surface area contributed by atoms with Crippen molar-refractivity contribution in [3.8, 4) is 0 Å². The van der Waals surface area contributed by atoms with Crippen molar-refractivity contribution >= 4 is 17.5 Å². The highest BCUT2D eigenvalue weighted by Gasteiger charge is 2.62. The average Bonchev–Trinajstić information content (AvgIpc) is 3.09. The second kappa shape index (κ2) is 8.94. The van der Waals surface area contributed by atoms with E-state index < -0.39 is 34.4 Å². The molecule has 0 spiro atoms. The molecule has 0 aromatic heterocycles. The number of rotatable bonds is 7. The van der Waals surface area contributed by atoms with E-state index in [-0.39, 0.29) is 41.8 Å². The summed E-state index contributed by atoms with van der Waals surface area (Å²) in [5.74, 6) is -1.91. The summed E-state index contributed by atoms with van der Waals surface area (Å²) in [6.07, 6.45) is 5.92. The Bertz CT molecular complexity index is 1090. The minimum atomic E-state index is -1.02. The lowest BCUT2D eigenvalue weighted by Crippen LogP contribution is -2.54. The molecule has 1 heterocycles. The van der Waals surface area contributed by atoms with Gasteiger partial charge in [-0.15, -0.1) is 13.2 Å². The first-order valence-corrected chi connectivity index (χ1v) is 12.3. The molecule has 4 rings (SSSR count). The fraction of sp³-hybridized carbons (Fsp3) is 0.536. The van der Waals surface area contributed by atoms with Crippen molar-refractivity contribution in [2.45, 2.75) is 52.6 Å². The smallest absolute Gasteiger partial charge is 0.340 e. The third-order valence-electron chi connectivity index (χ3n) is 8.52. The zero-order chi connectivity index (χ0) is 25.7. The maximum absolute atomic E-state index is 13.8. The van der Waals surface area contributed by atoms with Crippen LogP contribution in [0.15, 0.2) is 59.6 Å². The number of aliphatic hydroxyl groups excluding tert-OH is 2. The number of nitrogens with zero attached hydrogens (tertiary/aromatic N) is 1. The summed E-state index contributed by atoms with van der Waals surface area (Å²) in [6.45, 7) is 14.0. The molecule has 0 aromatic rings. The van der Waals surface area contributed by atoms with Gasteiger partial charge in [-0.05, 0) is 31.3 Å². The number of ether oxygens (including phenoxy) is 1. The Balaban J connectivity index is 1.97. The van der Waals surface area contributed by atoms with Gasteiger partial charge in [0.25, 0.3) is 0 Å². The lowest BCUT2D eigenvalue weighted by molar-refractivity contribution is -0.153. The number of hydrogen-bond acceptors (Lipinski definition) is 7. The molecule has 7 nitrogen and oxygen atoms in total. The molecule has 0 amide bonds. The zero-order valence-electron chi connectivity index (χ0n) is 20.8. The quantitative estimate of drug-likeness (QED) is 0.325. The summed E-state index contributed by atoms with van der Waals surface area (Å²) >= 11 is 0. The molecule has 1 saturated heterocycles. The van der Waals surface area contributed by atoms with E-state index in [1.54, 1.807) is 23.3 Å². The van der Waals surface area contributed by atoms with Crippen LogP contribution in [-0.2, 0) is 19.1 Å². The Morgan fingerprint density at radius 3 is 2.43 bits per heavy atom. The molecule has 0 aromatic carbocycles. The highest BCUT2D eigenvalue weighted by atomic mass is 16.5. The van der Waals surface area contributed by atoms with Gasteiger partial charge in [0.2, 0.25) is 5.78 Å². The van der Waals surface area contributed by atoms with E-state index in [0.717, 1.165) is 5.57 Å². The zero-order valence-corrected chi connectivity index (χ0v) is 20.8. The number of fused-ring (bicyclic) bond motifs is 4. The molecule has 3 aliphatic carbocycles. The number of carbonyl (C=O) groups is 3. The molecule has 5 atom stereocenters. The Morgan fingerprint density at radius 1 is 1.17 bits per heavy atom. The number of ketones is 2. The molecule has 0 radical (unpaired) electrons. The van der Waals surface area contributed by atoms with Crippen LogP contribution in [0.2, 0.25) is 0 Å².